The molecule has 0 amide bonds. The van der Waals surface area contributed by atoms with E-state index in [0.29, 0.717) is 36.9 Å². The Morgan fingerprint density at radius 2 is 1.84 bits per heavy atom. The fourth-order valence-corrected chi connectivity index (χ4v) is 4.36. The SMILES string of the molecule is CCOc1ccc(-n2c(N)nc3c2N=C(N)N(c2cnn(C4CCN(C)CC4)c2)C3)cc1. The zero-order valence-corrected chi connectivity index (χ0v) is 18.5. The highest BCUT2D eigenvalue weighted by atomic mass is 16.5. The van der Waals surface area contributed by atoms with Crippen molar-refractivity contribution in [3.8, 4) is 11.4 Å². The highest BCUT2D eigenvalue weighted by Crippen LogP contribution is 2.34. The summed E-state index contributed by atoms with van der Waals surface area (Å²) in [5.41, 5.74) is 15.2. The first kappa shape index (κ1) is 20.4. The highest BCUT2D eigenvalue weighted by molar-refractivity contribution is 5.97. The number of aliphatic imine (C=N–C) groups is 1. The maximum absolute atomic E-state index is 6.38. The first-order valence-corrected chi connectivity index (χ1v) is 11.0. The van der Waals surface area contributed by atoms with Gasteiger partial charge in [0.15, 0.2) is 5.82 Å². The van der Waals surface area contributed by atoms with E-state index in [2.05, 4.69) is 37.9 Å². The minimum absolute atomic E-state index is 0.375. The number of piperidine rings is 1. The molecule has 32 heavy (non-hydrogen) atoms. The largest absolute Gasteiger partial charge is 0.494 e. The molecule has 10 nitrogen and oxygen atoms in total. The van der Waals surface area contributed by atoms with Crippen LogP contribution >= 0.6 is 0 Å². The van der Waals surface area contributed by atoms with E-state index in [9.17, 15) is 0 Å². The maximum Gasteiger partial charge on any atom is 0.206 e. The van der Waals surface area contributed by atoms with Crippen molar-refractivity contribution >= 4 is 23.4 Å². The molecule has 2 aliphatic rings. The van der Waals surface area contributed by atoms with Crippen molar-refractivity contribution in [2.75, 3.05) is 37.4 Å². The molecular formula is C22H29N9O. The molecule has 2 aliphatic heterocycles. The van der Waals surface area contributed by atoms with Gasteiger partial charge in [-0.2, -0.15) is 10.1 Å². The molecule has 10 heteroatoms. The average Bonchev–Trinajstić information content (AvgIpc) is 3.39. The summed E-state index contributed by atoms with van der Waals surface area (Å²) in [6.45, 7) is 5.22. The summed E-state index contributed by atoms with van der Waals surface area (Å²) >= 11 is 0. The number of nitrogens with two attached hydrogens (primary N) is 2. The van der Waals surface area contributed by atoms with Crippen LogP contribution in [0.4, 0.5) is 17.5 Å². The van der Waals surface area contributed by atoms with Crippen molar-refractivity contribution in [3.63, 3.8) is 0 Å². The maximum atomic E-state index is 6.38. The molecule has 0 bridgehead atoms. The number of nitrogen functional groups attached to an aromatic ring is 1. The van der Waals surface area contributed by atoms with E-state index in [1.165, 1.54) is 0 Å². The van der Waals surface area contributed by atoms with E-state index in [-0.39, 0.29) is 0 Å². The van der Waals surface area contributed by atoms with Crippen LogP contribution in [-0.4, -0.2) is 56.9 Å². The van der Waals surface area contributed by atoms with Crippen LogP contribution in [0.1, 0.15) is 31.5 Å². The van der Waals surface area contributed by atoms with Crippen molar-refractivity contribution in [1.29, 1.82) is 0 Å². The number of nitrogens with zero attached hydrogens (tertiary/aromatic N) is 7. The van der Waals surface area contributed by atoms with Gasteiger partial charge in [-0.25, -0.2) is 4.98 Å². The molecule has 0 saturated carbocycles. The van der Waals surface area contributed by atoms with Crippen LogP contribution in [-0.2, 0) is 6.54 Å². The predicted molar refractivity (Wildman–Crippen MR) is 125 cm³/mol. The third-order valence-corrected chi connectivity index (χ3v) is 6.12. The van der Waals surface area contributed by atoms with Crippen LogP contribution in [0.15, 0.2) is 41.7 Å². The van der Waals surface area contributed by atoms with Crippen LogP contribution in [0.2, 0.25) is 0 Å². The third kappa shape index (κ3) is 3.66. The van der Waals surface area contributed by atoms with Crippen LogP contribution in [0.5, 0.6) is 5.75 Å². The fourth-order valence-electron chi connectivity index (χ4n) is 4.36. The first-order chi connectivity index (χ1) is 15.5. The Bertz CT molecular complexity index is 1120. The Labute approximate surface area is 187 Å². The molecule has 4 N–H and O–H groups in total. The molecule has 4 heterocycles. The minimum atomic E-state index is 0.375. The van der Waals surface area contributed by atoms with Gasteiger partial charge in [0.25, 0.3) is 0 Å². The number of likely N-dealkylation sites (tertiary alicyclic amines) is 1. The number of guanidine groups is 1. The number of rotatable bonds is 5. The summed E-state index contributed by atoms with van der Waals surface area (Å²) in [5.74, 6) is 2.23. The summed E-state index contributed by atoms with van der Waals surface area (Å²) < 4.78 is 9.40. The second-order valence-electron chi connectivity index (χ2n) is 8.27. The lowest BCUT2D eigenvalue weighted by molar-refractivity contribution is 0.212. The minimum Gasteiger partial charge on any atom is -0.494 e. The third-order valence-electron chi connectivity index (χ3n) is 6.12. The van der Waals surface area contributed by atoms with Gasteiger partial charge in [-0.15, -0.1) is 0 Å². The van der Waals surface area contributed by atoms with Crippen molar-refractivity contribution in [2.24, 2.45) is 10.7 Å². The number of benzene rings is 1. The fraction of sp³-hybridized carbons (Fsp3) is 0.409. The molecule has 1 saturated heterocycles. The zero-order chi connectivity index (χ0) is 22.2. The normalized spacial score (nSPS) is 17.3. The molecule has 1 fully saturated rings. The smallest absolute Gasteiger partial charge is 0.206 e. The zero-order valence-electron chi connectivity index (χ0n) is 18.5. The van der Waals surface area contributed by atoms with Gasteiger partial charge in [0.05, 0.1) is 36.8 Å². The van der Waals surface area contributed by atoms with Gasteiger partial charge in [0, 0.05) is 6.20 Å². The van der Waals surface area contributed by atoms with E-state index in [4.69, 9.17) is 16.2 Å². The van der Waals surface area contributed by atoms with Gasteiger partial charge in [0.2, 0.25) is 11.9 Å². The summed E-state index contributed by atoms with van der Waals surface area (Å²) in [7, 11) is 2.16. The van der Waals surface area contributed by atoms with Crippen LogP contribution < -0.4 is 21.1 Å². The molecule has 1 aromatic carbocycles. The number of anilines is 2. The molecule has 0 atom stereocenters. The van der Waals surface area contributed by atoms with Gasteiger partial charge in [-0.3, -0.25) is 9.25 Å². The molecule has 0 unspecified atom stereocenters. The average molecular weight is 436 g/mol. The second kappa shape index (κ2) is 8.19. The first-order valence-electron chi connectivity index (χ1n) is 11.0. The Morgan fingerprint density at radius 1 is 1.09 bits per heavy atom. The van der Waals surface area contributed by atoms with Gasteiger partial charge < -0.3 is 26.0 Å². The number of hydrogen-bond donors (Lipinski definition) is 2. The van der Waals surface area contributed by atoms with Gasteiger partial charge in [-0.05, 0) is 64.2 Å². The van der Waals surface area contributed by atoms with E-state index in [0.717, 1.165) is 48.7 Å². The van der Waals surface area contributed by atoms with Crippen molar-refractivity contribution in [1.82, 2.24) is 24.2 Å². The summed E-state index contributed by atoms with van der Waals surface area (Å²) in [5, 5.41) is 4.61. The van der Waals surface area contributed by atoms with Crippen molar-refractivity contribution < 1.29 is 4.74 Å². The van der Waals surface area contributed by atoms with E-state index >= 15 is 0 Å². The molecule has 0 aliphatic carbocycles. The Balaban J connectivity index is 1.40. The van der Waals surface area contributed by atoms with Gasteiger partial charge in [0.1, 0.15) is 11.4 Å². The summed E-state index contributed by atoms with van der Waals surface area (Å²) in [6, 6.07) is 8.10. The van der Waals surface area contributed by atoms with Gasteiger partial charge >= 0.3 is 0 Å². The lowest BCUT2D eigenvalue weighted by atomic mass is 10.1. The monoisotopic (exact) mass is 435 g/mol. The highest BCUT2D eigenvalue weighted by Gasteiger charge is 2.27. The molecule has 0 radical (unpaired) electrons. The molecular weight excluding hydrogens is 406 g/mol. The lowest BCUT2D eigenvalue weighted by Crippen LogP contribution is -2.38. The van der Waals surface area contributed by atoms with Crippen molar-refractivity contribution in [2.45, 2.75) is 32.4 Å². The van der Waals surface area contributed by atoms with Crippen LogP contribution in [0.25, 0.3) is 5.69 Å². The second-order valence-corrected chi connectivity index (χ2v) is 8.27. The van der Waals surface area contributed by atoms with Gasteiger partial charge in [-0.1, -0.05) is 0 Å². The van der Waals surface area contributed by atoms with E-state index in [1.807, 2.05) is 46.9 Å². The molecule has 2 aromatic heterocycles. The van der Waals surface area contributed by atoms with Crippen LogP contribution in [0.3, 0.4) is 0 Å². The predicted octanol–water partition coefficient (Wildman–Crippen LogP) is 2.28. The topological polar surface area (TPSA) is 116 Å². The number of ether oxygens (including phenoxy) is 1. The number of fused-ring (bicyclic) bond motifs is 1. The standard InChI is InChI=1S/C22H29N9O/c1-3-32-18-6-4-16(5-7-18)31-20-19(26-22(31)24)14-29(21(23)27-20)17-12-25-30(13-17)15-8-10-28(2)11-9-15/h4-7,12-13,15H,3,8-11,14H2,1-2H3,(H2,23,27)(H2,24,26). The number of aromatic nitrogens is 4. The number of hydrogen-bond acceptors (Lipinski definition) is 8. The summed E-state index contributed by atoms with van der Waals surface area (Å²) in [4.78, 5) is 13.5. The molecule has 168 valence electrons. The van der Waals surface area contributed by atoms with Crippen LogP contribution in [0, 0.1) is 0 Å². The Hall–Kier alpha value is -3.53. The lowest BCUT2D eigenvalue weighted by Gasteiger charge is -2.29. The van der Waals surface area contributed by atoms with E-state index in [1.54, 1.807) is 0 Å². The molecule has 0 spiro atoms. The Morgan fingerprint density at radius 3 is 2.56 bits per heavy atom. The van der Waals surface area contributed by atoms with E-state index < -0.39 is 0 Å². The Kier molecular flexibility index (Phi) is 5.22. The number of imidazole rings is 1. The molecule has 5 rings (SSSR count). The molecule has 3 aromatic rings. The van der Waals surface area contributed by atoms with Crippen molar-refractivity contribution in [3.05, 3.63) is 42.4 Å². The summed E-state index contributed by atoms with van der Waals surface area (Å²) in [6.07, 6.45) is 6.08. The quantitative estimate of drug-likeness (QED) is 0.632.